The van der Waals surface area contributed by atoms with Crippen LogP contribution in [0.25, 0.3) is 0 Å². The van der Waals surface area contributed by atoms with E-state index in [4.69, 9.17) is 21.1 Å². The maximum absolute atomic E-state index is 13.6. The van der Waals surface area contributed by atoms with Gasteiger partial charge in [0.2, 0.25) is 28.6 Å². The SMILES string of the molecule is CCCNC(=O)[C@H](CC)N(Cc1ccccc1Cl)C(=O)CN(c1ccc2c(c1)OCO2)S(C)(=O)=O. The Balaban J connectivity index is 1.95. The monoisotopic (exact) mass is 523 g/mol. The van der Waals surface area contributed by atoms with E-state index in [0.717, 1.165) is 17.0 Å². The van der Waals surface area contributed by atoms with Gasteiger partial charge in [-0.05, 0) is 36.6 Å². The topological polar surface area (TPSA) is 105 Å². The van der Waals surface area contributed by atoms with Gasteiger partial charge in [-0.3, -0.25) is 13.9 Å². The van der Waals surface area contributed by atoms with Crippen LogP contribution in [0.1, 0.15) is 32.3 Å². The van der Waals surface area contributed by atoms with Crippen LogP contribution in [0.15, 0.2) is 42.5 Å². The third-order valence-corrected chi connectivity index (χ3v) is 7.07. The first kappa shape index (κ1) is 26.6. The second-order valence-corrected chi connectivity index (χ2v) is 10.4. The molecule has 0 aromatic heterocycles. The Hall–Kier alpha value is -2.98. The number of sulfonamides is 1. The molecule has 0 saturated heterocycles. The minimum Gasteiger partial charge on any atom is -0.454 e. The fourth-order valence-corrected chi connectivity index (χ4v) is 4.79. The maximum atomic E-state index is 13.6. The predicted molar refractivity (Wildman–Crippen MR) is 134 cm³/mol. The van der Waals surface area contributed by atoms with Gasteiger partial charge in [0.25, 0.3) is 0 Å². The van der Waals surface area contributed by atoms with Crippen LogP contribution in [0.3, 0.4) is 0 Å². The van der Waals surface area contributed by atoms with Gasteiger partial charge in [-0.15, -0.1) is 0 Å². The molecule has 11 heteroatoms. The molecule has 1 N–H and O–H groups in total. The molecule has 9 nitrogen and oxygen atoms in total. The summed E-state index contributed by atoms with van der Waals surface area (Å²) in [5, 5.41) is 3.28. The quantitative estimate of drug-likeness (QED) is 0.485. The van der Waals surface area contributed by atoms with Crippen molar-refractivity contribution in [3.63, 3.8) is 0 Å². The molecule has 3 rings (SSSR count). The Labute approximate surface area is 211 Å². The largest absolute Gasteiger partial charge is 0.454 e. The lowest BCUT2D eigenvalue weighted by Crippen LogP contribution is -2.52. The average molecular weight is 524 g/mol. The maximum Gasteiger partial charge on any atom is 0.244 e. The molecule has 1 heterocycles. The minimum absolute atomic E-state index is 0.0350. The van der Waals surface area contributed by atoms with Gasteiger partial charge in [-0.2, -0.15) is 0 Å². The number of carbonyl (C=O) groups excluding carboxylic acids is 2. The van der Waals surface area contributed by atoms with E-state index < -0.39 is 28.5 Å². The number of halogens is 1. The second kappa shape index (κ2) is 11.6. The summed E-state index contributed by atoms with van der Waals surface area (Å²) >= 11 is 6.34. The van der Waals surface area contributed by atoms with Gasteiger partial charge in [-0.1, -0.05) is 43.6 Å². The predicted octanol–water partition coefficient (Wildman–Crippen LogP) is 3.17. The summed E-state index contributed by atoms with van der Waals surface area (Å²) < 4.78 is 37.1. The number of ether oxygens (including phenoxy) is 2. The zero-order chi connectivity index (χ0) is 25.6. The summed E-state index contributed by atoms with van der Waals surface area (Å²) in [4.78, 5) is 28.0. The van der Waals surface area contributed by atoms with E-state index in [-0.39, 0.29) is 24.9 Å². The highest BCUT2D eigenvalue weighted by molar-refractivity contribution is 7.92. The van der Waals surface area contributed by atoms with Crippen molar-refractivity contribution < 1.29 is 27.5 Å². The Kier molecular flexibility index (Phi) is 8.85. The van der Waals surface area contributed by atoms with Crippen molar-refractivity contribution in [1.82, 2.24) is 10.2 Å². The van der Waals surface area contributed by atoms with Gasteiger partial charge in [0.1, 0.15) is 12.6 Å². The molecule has 0 aliphatic carbocycles. The molecule has 1 atom stereocenters. The molecule has 0 fully saturated rings. The molecule has 0 spiro atoms. The van der Waals surface area contributed by atoms with Crippen LogP contribution in [0.4, 0.5) is 5.69 Å². The number of nitrogens with zero attached hydrogens (tertiary/aromatic N) is 2. The van der Waals surface area contributed by atoms with Gasteiger partial charge in [0, 0.05) is 24.2 Å². The third-order valence-electron chi connectivity index (χ3n) is 5.56. The molecule has 190 valence electrons. The zero-order valence-electron chi connectivity index (χ0n) is 20.0. The van der Waals surface area contributed by atoms with E-state index >= 15 is 0 Å². The number of hydrogen-bond donors (Lipinski definition) is 1. The van der Waals surface area contributed by atoms with E-state index in [1.54, 1.807) is 43.3 Å². The lowest BCUT2D eigenvalue weighted by molar-refractivity contribution is -0.140. The first-order valence-corrected chi connectivity index (χ1v) is 13.6. The summed E-state index contributed by atoms with van der Waals surface area (Å²) in [5.41, 5.74) is 0.907. The molecule has 2 aromatic carbocycles. The van der Waals surface area contributed by atoms with Gasteiger partial charge in [0.15, 0.2) is 11.5 Å². The number of fused-ring (bicyclic) bond motifs is 1. The van der Waals surface area contributed by atoms with Gasteiger partial charge >= 0.3 is 0 Å². The molecule has 1 aliphatic heterocycles. The Bertz CT molecular complexity index is 1170. The lowest BCUT2D eigenvalue weighted by Gasteiger charge is -2.33. The van der Waals surface area contributed by atoms with E-state index in [1.807, 2.05) is 6.92 Å². The number of anilines is 1. The number of amides is 2. The molecule has 2 amide bonds. The van der Waals surface area contributed by atoms with Crippen LogP contribution in [-0.4, -0.2) is 57.3 Å². The van der Waals surface area contributed by atoms with Crippen LogP contribution < -0.4 is 19.1 Å². The molecule has 0 saturated carbocycles. The van der Waals surface area contributed by atoms with Gasteiger partial charge in [-0.25, -0.2) is 8.42 Å². The molecule has 1 aliphatic rings. The normalized spacial score (nSPS) is 13.3. The Morgan fingerprint density at radius 2 is 1.83 bits per heavy atom. The van der Waals surface area contributed by atoms with Crippen LogP contribution in [0.2, 0.25) is 5.02 Å². The second-order valence-electron chi connectivity index (χ2n) is 8.14. The number of hydrogen-bond acceptors (Lipinski definition) is 6. The fourth-order valence-electron chi connectivity index (χ4n) is 3.75. The molecule has 0 radical (unpaired) electrons. The highest BCUT2D eigenvalue weighted by Crippen LogP contribution is 2.36. The van der Waals surface area contributed by atoms with Crippen molar-refractivity contribution in [2.24, 2.45) is 0 Å². The Morgan fingerprint density at radius 3 is 2.49 bits per heavy atom. The highest BCUT2D eigenvalue weighted by Gasteiger charge is 2.32. The first-order valence-electron chi connectivity index (χ1n) is 11.3. The van der Waals surface area contributed by atoms with Gasteiger partial charge < -0.3 is 19.7 Å². The van der Waals surface area contributed by atoms with Crippen molar-refractivity contribution >= 4 is 39.1 Å². The van der Waals surface area contributed by atoms with Crippen molar-refractivity contribution in [1.29, 1.82) is 0 Å². The van der Waals surface area contributed by atoms with E-state index in [0.29, 0.717) is 35.1 Å². The minimum atomic E-state index is -3.85. The van der Waals surface area contributed by atoms with Crippen molar-refractivity contribution in [3.05, 3.63) is 53.1 Å². The van der Waals surface area contributed by atoms with E-state index in [9.17, 15) is 18.0 Å². The van der Waals surface area contributed by atoms with Crippen molar-refractivity contribution in [3.8, 4) is 11.5 Å². The summed E-state index contributed by atoms with van der Waals surface area (Å²) in [5.74, 6) is 0.0460. The number of benzene rings is 2. The Morgan fingerprint density at radius 1 is 1.11 bits per heavy atom. The van der Waals surface area contributed by atoms with E-state index in [2.05, 4.69) is 5.32 Å². The summed E-state index contributed by atoms with van der Waals surface area (Å²) in [6.45, 7) is 3.79. The molecule has 2 aromatic rings. The molecule has 0 bridgehead atoms. The number of rotatable bonds is 11. The summed E-state index contributed by atoms with van der Waals surface area (Å²) in [6, 6.07) is 10.9. The van der Waals surface area contributed by atoms with Crippen molar-refractivity contribution in [2.45, 2.75) is 39.3 Å². The van der Waals surface area contributed by atoms with Crippen LogP contribution in [0.5, 0.6) is 11.5 Å². The highest BCUT2D eigenvalue weighted by atomic mass is 35.5. The third kappa shape index (κ3) is 6.58. The standard InChI is InChI=1S/C24H30ClN3O6S/c1-4-12-26-24(30)20(5-2)27(14-17-8-6-7-9-19(17)25)23(29)15-28(35(3,31)32)18-10-11-21-22(13-18)34-16-33-21/h6-11,13,20H,4-5,12,14-16H2,1-3H3,(H,26,30)/t20-/m0/s1. The first-order chi connectivity index (χ1) is 16.7. The van der Waals surface area contributed by atoms with Crippen LogP contribution in [-0.2, 0) is 26.2 Å². The molecular weight excluding hydrogens is 494 g/mol. The fraction of sp³-hybridized carbons (Fsp3) is 0.417. The molecule has 0 unspecified atom stereocenters. The number of carbonyl (C=O) groups is 2. The van der Waals surface area contributed by atoms with E-state index in [1.165, 1.54) is 11.0 Å². The zero-order valence-corrected chi connectivity index (χ0v) is 21.6. The van der Waals surface area contributed by atoms with Crippen LogP contribution >= 0.6 is 11.6 Å². The van der Waals surface area contributed by atoms with Crippen molar-refractivity contribution in [2.75, 3.05) is 30.4 Å². The van der Waals surface area contributed by atoms with Gasteiger partial charge in [0.05, 0.1) is 11.9 Å². The molecule has 35 heavy (non-hydrogen) atoms. The van der Waals surface area contributed by atoms with Crippen LogP contribution in [0, 0.1) is 0 Å². The molecular formula is C24H30ClN3O6S. The average Bonchev–Trinajstić information content (AvgIpc) is 3.29. The smallest absolute Gasteiger partial charge is 0.244 e. The lowest BCUT2D eigenvalue weighted by atomic mass is 10.1. The summed E-state index contributed by atoms with van der Waals surface area (Å²) in [7, 11) is -3.85. The summed E-state index contributed by atoms with van der Waals surface area (Å²) in [6.07, 6.45) is 2.11. The number of nitrogens with one attached hydrogen (secondary N) is 1.